The summed E-state index contributed by atoms with van der Waals surface area (Å²) in [5.41, 5.74) is 1.98. The van der Waals surface area contributed by atoms with E-state index in [-0.39, 0.29) is 28.4 Å². The van der Waals surface area contributed by atoms with Crippen LogP contribution < -0.4 is 5.32 Å². The summed E-state index contributed by atoms with van der Waals surface area (Å²) in [5, 5.41) is 13.6. The smallest absolute Gasteiger partial charge is 0.292 e. The molecule has 0 radical (unpaired) electrons. The normalized spacial score (nSPS) is 13.9. The molecule has 0 fully saturated rings. The lowest BCUT2D eigenvalue weighted by atomic mass is 10.0. The zero-order valence-corrected chi connectivity index (χ0v) is 17.2. The van der Waals surface area contributed by atoms with Crippen molar-refractivity contribution in [1.29, 1.82) is 0 Å². The molecule has 8 nitrogen and oxygen atoms in total. The van der Waals surface area contributed by atoms with E-state index >= 15 is 0 Å². The lowest BCUT2D eigenvalue weighted by Gasteiger charge is -2.28. The molecular weight excluding hydrogens is 418 g/mol. The molecule has 158 valence electrons. The van der Waals surface area contributed by atoms with E-state index in [1.165, 1.54) is 46.8 Å². The Morgan fingerprint density at radius 3 is 2.45 bits per heavy atom. The summed E-state index contributed by atoms with van der Waals surface area (Å²) in [4.78, 5) is 23.2. The van der Waals surface area contributed by atoms with Crippen LogP contribution in [0.25, 0.3) is 0 Å². The number of amides is 1. The van der Waals surface area contributed by atoms with Crippen LogP contribution in [0.2, 0.25) is 0 Å². The number of sulfonamides is 1. The van der Waals surface area contributed by atoms with Gasteiger partial charge in [-0.25, -0.2) is 8.42 Å². The predicted molar refractivity (Wildman–Crippen MR) is 115 cm³/mol. The van der Waals surface area contributed by atoms with E-state index in [4.69, 9.17) is 0 Å². The number of anilines is 1. The van der Waals surface area contributed by atoms with Gasteiger partial charge < -0.3 is 5.32 Å². The maximum atomic E-state index is 13.2. The lowest BCUT2D eigenvalue weighted by molar-refractivity contribution is -0.383. The monoisotopic (exact) mass is 437 g/mol. The third-order valence-electron chi connectivity index (χ3n) is 5.18. The lowest BCUT2D eigenvalue weighted by Crippen LogP contribution is -2.36. The quantitative estimate of drug-likeness (QED) is 0.485. The van der Waals surface area contributed by atoms with Crippen molar-refractivity contribution >= 4 is 27.3 Å². The molecule has 31 heavy (non-hydrogen) atoms. The summed E-state index contributed by atoms with van der Waals surface area (Å²) in [6.07, 6.45) is 0.618. The van der Waals surface area contributed by atoms with E-state index in [0.717, 1.165) is 11.1 Å². The number of carbonyl (C=O) groups is 1. The molecule has 0 saturated heterocycles. The van der Waals surface area contributed by atoms with Gasteiger partial charge in [-0.15, -0.1) is 0 Å². The second-order valence-electron chi connectivity index (χ2n) is 7.11. The van der Waals surface area contributed by atoms with Gasteiger partial charge in [0.25, 0.3) is 11.6 Å². The number of fused-ring (bicyclic) bond motifs is 1. The summed E-state index contributed by atoms with van der Waals surface area (Å²) < 4.78 is 27.8. The molecular formula is C22H19N3O5S. The van der Waals surface area contributed by atoms with E-state index in [0.29, 0.717) is 13.0 Å². The maximum Gasteiger partial charge on any atom is 0.292 e. The molecule has 3 aromatic rings. The van der Waals surface area contributed by atoms with Gasteiger partial charge in [0, 0.05) is 24.7 Å². The number of nitro groups is 1. The molecule has 1 aliphatic rings. The highest BCUT2D eigenvalue weighted by molar-refractivity contribution is 7.89. The topological polar surface area (TPSA) is 110 Å². The fourth-order valence-corrected chi connectivity index (χ4v) is 5.02. The van der Waals surface area contributed by atoms with Crippen molar-refractivity contribution in [3.63, 3.8) is 0 Å². The zero-order valence-electron chi connectivity index (χ0n) is 16.4. The number of rotatable bonds is 5. The Hall–Kier alpha value is -3.56. The van der Waals surface area contributed by atoms with Gasteiger partial charge in [0.05, 0.1) is 9.82 Å². The SMILES string of the molecule is O=C(Nc1ccccc1[N+](=O)[O-])c1cccc(S(=O)(=O)N2CCc3ccccc3C2)c1. The summed E-state index contributed by atoms with van der Waals surface area (Å²) in [5.74, 6) is -0.629. The minimum atomic E-state index is -3.81. The van der Waals surface area contributed by atoms with Crippen molar-refractivity contribution in [3.8, 4) is 0 Å². The molecule has 3 aromatic carbocycles. The summed E-state index contributed by atoms with van der Waals surface area (Å²) in [6, 6.07) is 19.2. The third kappa shape index (κ3) is 4.18. The molecule has 0 bridgehead atoms. The van der Waals surface area contributed by atoms with Crippen molar-refractivity contribution in [2.45, 2.75) is 17.9 Å². The Kier molecular flexibility index (Phi) is 5.53. The molecule has 0 saturated carbocycles. The standard InChI is InChI=1S/C22H19N3O5S/c26-22(23-20-10-3-4-11-21(20)25(27)28)17-8-5-9-19(14-17)31(29,30)24-13-12-16-6-1-2-7-18(16)15-24/h1-11,14H,12-13,15H2,(H,23,26). The van der Waals surface area contributed by atoms with Gasteiger partial charge in [-0.3, -0.25) is 14.9 Å². The molecule has 1 N–H and O–H groups in total. The Labute approximate surface area is 179 Å². The largest absolute Gasteiger partial charge is 0.316 e. The van der Waals surface area contributed by atoms with Crippen molar-refractivity contribution in [3.05, 3.63) is 99.6 Å². The molecule has 1 heterocycles. The molecule has 1 amide bonds. The van der Waals surface area contributed by atoms with Gasteiger partial charge in [-0.1, -0.05) is 42.5 Å². The van der Waals surface area contributed by atoms with Crippen LogP contribution in [0.3, 0.4) is 0 Å². The fraction of sp³-hybridized carbons (Fsp3) is 0.136. The molecule has 4 rings (SSSR count). The van der Waals surface area contributed by atoms with Crippen LogP contribution in [0.4, 0.5) is 11.4 Å². The van der Waals surface area contributed by atoms with E-state index < -0.39 is 20.9 Å². The van der Waals surface area contributed by atoms with E-state index in [1.807, 2.05) is 24.3 Å². The van der Waals surface area contributed by atoms with Crippen molar-refractivity contribution < 1.29 is 18.1 Å². The Bertz CT molecular complexity index is 1270. The molecule has 0 aliphatic carbocycles. The van der Waals surface area contributed by atoms with Crippen molar-refractivity contribution in [2.24, 2.45) is 0 Å². The van der Waals surface area contributed by atoms with Crippen molar-refractivity contribution in [2.75, 3.05) is 11.9 Å². The van der Waals surface area contributed by atoms with E-state index in [9.17, 15) is 23.3 Å². The minimum Gasteiger partial charge on any atom is -0.316 e. The molecule has 9 heteroatoms. The number of para-hydroxylation sites is 2. The highest BCUT2D eigenvalue weighted by Gasteiger charge is 2.28. The summed E-state index contributed by atoms with van der Waals surface area (Å²) in [6.45, 7) is 0.622. The Morgan fingerprint density at radius 2 is 1.68 bits per heavy atom. The van der Waals surface area contributed by atoms with E-state index in [1.54, 1.807) is 6.07 Å². The Morgan fingerprint density at radius 1 is 0.968 bits per heavy atom. The Balaban J connectivity index is 1.58. The van der Waals surface area contributed by atoms with E-state index in [2.05, 4.69) is 5.32 Å². The van der Waals surface area contributed by atoms with Gasteiger partial charge in [0.15, 0.2) is 0 Å². The zero-order chi connectivity index (χ0) is 22.0. The molecule has 1 aliphatic heterocycles. The van der Waals surface area contributed by atoms with Gasteiger partial charge in [0.2, 0.25) is 10.0 Å². The minimum absolute atomic E-state index is 0.00194. The number of benzene rings is 3. The average Bonchev–Trinajstić information content (AvgIpc) is 2.79. The number of hydrogen-bond acceptors (Lipinski definition) is 5. The van der Waals surface area contributed by atoms with Gasteiger partial charge in [-0.05, 0) is 41.8 Å². The summed E-state index contributed by atoms with van der Waals surface area (Å²) in [7, 11) is -3.81. The third-order valence-corrected chi connectivity index (χ3v) is 7.02. The second kappa shape index (κ2) is 8.29. The number of nitrogens with zero attached hydrogens (tertiary/aromatic N) is 2. The van der Waals surface area contributed by atoms with Crippen LogP contribution in [0.15, 0.2) is 77.7 Å². The number of nitrogens with one attached hydrogen (secondary N) is 1. The number of hydrogen-bond donors (Lipinski definition) is 1. The van der Waals surface area contributed by atoms with Crippen molar-refractivity contribution in [1.82, 2.24) is 4.31 Å². The first-order chi connectivity index (χ1) is 14.9. The first-order valence-corrected chi connectivity index (χ1v) is 11.0. The first kappa shape index (κ1) is 20.7. The highest BCUT2D eigenvalue weighted by atomic mass is 32.2. The molecule has 0 aromatic heterocycles. The number of carbonyl (C=O) groups excluding carboxylic acids is 1. The second-order valence-corrected chi connectivity index (χ2v) is 9.05. The van der Waals surface area contributed by atoms with Gasteiger partial charge >= 0.3 is 0 Å². The van der Waals surface area contributed by atoms with Crippen LogP contribution in [0.5, 0.6) is 0 Å². The summed E-state index contributed by atoms with van der Waals surface area (Å²) >= 11 is 0. The van der Waals surface area contributed by atoms with Crippen LogP contribution in [0, 0.1) is 10.1 Å². The highest BCUT2D eigenvalue weighted by Crippen LogP contribution is 2.27. The fourth-order valence-electron chi connectivity index (χ4n) is 3.55. The average molecular weight is 437 g/mol. The molecule has 0 atom stereocenters. The maximum absolute atomic E-state index is 13.2. The van der Waals surface area contributed by atoms with Gasteiger partial charge in [-0.2, -0.15) is 4.31 Å². The van der Waals surface area contributed by atoms with Crippen LogP contribution in [-0.4, -0.2) is 30.1 Å². The number of nitro benzene ring substituents is 1. The van der Waals surface area contributed by atoms with Crippen LogP contribution in [0.1, 0.15) is 21.5 Å². The van der Waals surface area contributed by atoms with Gasteiger partial charge in [0.1, 0.15) is 5.69 Å². The predicted octanol–water partition coefficient (Wildman–Crippen LogP) is 3.59. The van der Waals surface area contributed by atoms with Crippen LogP contribution in [-0.2, 0) is 23.0 Å². The molecule has 0 spiro atoms. The van der Waals surface area contributed by atoms with Crippen LogP contribution >= 0.6 is 0 Å². The molecule has 0 unspecified atom stereocenters. The first-order valence-electron chi connectivity index (χ1n) is 9.58.